The number of nitrogens with zero attached hydrogens (tertiary/aromatic N) is 1. The smallest absolute Gasteiger partial charge is 0.309 e. The Morgan fingerprint density at radius 3 is 2.25 bits per heavy atom. The van der Waals surface area contributed by atoms with Crippen LogP contribution in [0.15, 0.2) is 60.7 Å². The number of nitrogens with one attached hydrogen (secondary N) is 1. The van der Waals surface area contributed by atoms with E-state index in [1.165, 1.54) is 0 Å². The molecule has 0 saturated carbocycles. The molecule has 0 aliphatic carbocycles. The van der Waals surface area contributed by atoms with Crippen LogP contribution in [-0.4, -0.2) is 54.8 Å². The number of aryl methyl sites for hydroxylation is 2. The molecule has 0 bridgehead atoms. The predicted molar refractivity (Wildman–Crippen MR) is 171 cm³/mol. The number of hydrogen-bond acceptors (Lipinski definition) is 6. The largest absolute Gasteiger partial charge is 0.494 e. The molecule has 3 atom stereocenters. The zero-order valence-corrected chi connectivity index (χ0v) is 26.0. The summed E-state index contributed by atoms with van der Waals surface area (Å²) in [6.07, 6.45) is 4.83. The van der Waals surface area contributed by atoms with Gasteiger partial charge in [0.05, 0.1) is 19.1 Å². The van der Waals surface area contributed by atoms with Gasteiger partial charge in [-0.25, -0.2) is 0 Å². The van der Waals surface area contributed by atoms with Gasteiger partial charge in [0.1, 0.15) is 19.0 Å². The number of amides is 1. The number of carbonyl (C=O) groups is 2. The van der Waals surface area contributed by atoms with Crippen LogP contribution in [-0.2, 0) is 22.4 Å². The number of carboxylic acids is 1. The molecule has 1 unspecified atom stereocenters. The maximum absolute atomic E-state index is 13.7. The van der Waals surface area contributed by atoms with Crippen molar-refractivity contribution < 1.29 is 28.9 Å². The summed E-state index contributed by atoms with van der Waals surface area (Å²) in [6.45, 7) is 8.35. The Bertz CT molecular complexity index is 1420. The molecule has 8 nitrogen and oxygen atoms in total. The highest BCUT2D eigenvalue weighted by molar-refractivity contribution is 5.94. The number of rotatable bonds is 13. The molecule has 234 valence electrons. The van der Waals surface area contributed by atoms with Crippen LogP contribution in [0.2, 0.25) is 0 Å². The zero-order chi connectivity index (χ0) is 31.1. The average Bonchev–Trinajstić information content (AvgIpc) is 3.42. The number of aliphatic carboxylic acids is 1. The van der Waals surface area contributed by atoms with E-state index in [1.807, 2.05) is 65.6 Å². The Kier molecular flexibility index (Phi) is 10.4. The van der Waals surface area contributed by atoms with Gasteiger partial charge in [-0.3, -0.25) is 14.5 Å². The molecule has 0 radical (unpaired) electrons. The Morgan fingerprint density at radius 1 is 0.909 bits per heavy atom. The van der Waals surface area contributed by atoms with Crippen molar-refractivity contribution in [2.45, 2.75) is 64.8 Å². The van der Waals surface area contributed by atoms with Gasteiger partial charge in [-0.15, -0.1) is 0 Å². The minimum atomic E-state index is -0.901. The number of unbranched alkanes of at least 4 members (excludes halogenated alkanes) is 2. The van der Waals surface area contributed by atoms with Gasteiger partial charge in [0.15, 0.2) is 11.5 Å². The molecule has 44 heavy (non-hydrogen) atoms. The molecule has 2 N–H and O–H groups in total. The maximum Gasteiger partial charge on any atom is 0.309 e. The summed E-state index contributed by atoms with van der Waals surface area (Å²) in [7, 11) is 0. The van der Waals surface area contributed by atoms with Crippen molar-refractivity contribution in [3.63, 3.8) is 0 Å². The first-order chi connectivity index (χ1) is 21.4. The summed E-state index contributed by atoms with van der Waals surface area (Å²) in [6, 6.07) is 18.9. The van der Waals surface area contributed by atoms with E-state index in [4.69, 9.17) is 14.2 Å². The Balaban J connectivity index is 1.45. The second-order valence-corrected chi connectivity index (χ2v) is 11.6. The second-order valence-electron chi connectivity index (χ2n) is 11.6. The van der Waals surface area contributed by atoms with E-state index < -0.39 is 17.9 Å². The first kappa shape index (κ1) is 31.4. The Labute approximate surface area is 260 Å². The Hall–Kier alpha value is -4.04. The zero-order valence-electron chi connectivity index (χ0n) is 26.0. The fourth-order valence-corrected chi connectivity index (χ4v) is 6.49. The number of anilines is 1. The van der Waals surface area contributed by atoms with E-state index in [2.05, 4.69) is 26.1 Å². The predicted octanol–water partition coefficient (Wildman–Crippen LogP) is 6.63. The molecule has 5 rings (SSSR count). The van der Waals surface area contributed by atoms with Crippen LogP contribution in [0.4, 0.5) is 5.69 Å². The van der Waals surface area contributed by atoms with E-state index in [0.29, 0.717) is 37.9 Å². The van der Waals surface area contributed by atoms with Crippen LogP contribution in [0.25, 0.3) is 0 Å². The minimum absolute atomic E-state index is 0.0615. The summed E-state index contributed by atoms with van der Waals surface area (Å²) in [5.74, 6) is -0.163. The highest BCUT2D eigenvalue weighted by Gasteiger charge is 2.48. The molecule has 8 heteroatoms. The summed E-state index contributed by atoms with van der Waals surface area (Å²) in [5.41, 5.74) is 4.73. The topological polar surface area (TPSA) is 97.3 Å². The van der Waals surface area contributed by atoms with Gasteiger partial charge in [0, 0.05) is 24.2 Å². The van der Waals surface area contributed by atoms with Crippen LogP contribution in [0.5, 0.6) is 17.2 Å². The van der Waals surface area contributed by atoms with Crippen LogP contribution in [0.3, 0.4) is 0 Å². The van der Waals surface area contributed by atoms with Crippen molar-refractivity contribution in [2.24, 2.45) is 5.92 Å². The van der Waals surface area contributed by atoms with E-state index in [1.54, 1.807) is 0 Å². The normalized spacial score (nSPS) is 19.5. The lowest BCUT2D eigenvalue weighted by Gasteiger charge is -2.27. The number of hydrogen-bond donors (Lipinski definition) is 2. The number of ether oxygens (including phenoxy) is 3. The molecule has 3 aromatic rings. The van der Waals surface area contributed by atoms with Gasteiger partial charge in [-0.05, 0) is 65.8 Å². The molecule has 2 heterocycles. The van der Waals surface area contributed by atoms with Crippen LogP contribution in [0.1, 0.15) is 74.2 Å². The monoisotopic (exact) mass is 600 g/mol. The van der Waals surface area contributed by atoms with Crippen LogP contribution >= 0.6 is 0 Å². The van der Waals surface area contributed by atoms with Gasteiger partial charge in [0.25, 0.3) is 0 Å². The lowest BCUT2D eigenvalue weighted by molar-refractivity contribution is -0.143. The first-order valence-electron chi connectivity index (χ1n) is 15.9. The number of benzene rings is 3. The third-order valence-electron chi connectivity index (χ3n) is 8.73. The third-order valence-corrected chi connectivity index (χ3v) is 8.73. The maximum atomic E-state index is 13.7. The first-order valence-corrected chi connectivity index (χ1v) is 15.9. The number of carbonyl (C=O) groups excluding carboxylic acids is 1. The lowest BCUT2D eigenvalue weighted by atomic mass is 9.82. The number of para-hydroxylation sites is 1. The van der Waals surface area contributed by atoms with E-state index in [-0.39, 0.29) is 18.4 Å². The average molecular weight is 601 g/mol. The van der Waals surface area contributed by atoms with Gasteiger partial charge >= 0.3 is 5.97 Å². The molecule has 2 aliphatic heterocycles. The molecule has 1 fully saturated rings. The summed E-state index contributed by atoms with van der Waals surface area (Å²) in [5, 5.41) is 13.8. The molecule has 0 spiro atoms. The van der Waals surface area contributed by atoms with Gasteiger partial charge in [0.2, 0.25) is 5.91 Å². The summed E-state index contributed by atoms with van der Waals surface area (Å²) >= 11 is 0. The molecule has 3 aromatic carbocycles. The van der Waals surface area contributed by atoms with Crippen LogP contribution in [0, 0.1) is 5.92 Å². The van der Waals surface area contributed by atoms with Crippen molar-refractivity contribution in [2.75, 3.05) is 38.2 Å². The molecule has 0 aromatic heterocycles. The van der Waals surface area contributed by atoms with Gasteiger partial charge in [-0.2, -0.15) is 0 Å². The number of fused-ring (bicyclic) bond motifs is 1. The van der Waals surface area contributed by atoms with E-state index in [9.17, 15) is 14.7 Å². The molecule has 2 aliphatic rings. The molecular weight excluding hydrogens is 556 g/mol. The van der Waals surface area contributed by atoms with Crippen molar-refractivity contribution >= 4 is 17.6 Å². The fraction of sp³-hybridized carbons (Fsp3) is 0.444. The number of likely N-dealkylation sites (tertiary alicyclic amines) is 1. The highest BCUT2D eigenvalue weighted by atomic mass is 16.6. The van der Waals surface area contributed by atoms with Gasteiger partial charge < -0.3 is 24.6 Å². The number of carboxylic acid groups (broad SMARTS) is 1. The van der Waals surface area contributed by atoms with Gasteiger partial charge in [-0.1, -0.05) is 70.0 Å². The van der Waals surface area contributed by atoms with Crippen molar-refractivity contribution in [1.82, 2.24) is 4.90 Å². The summed E-state index contributed by atoms with van der Waals surface area (Å²) < 4.78 is 17.5. The third kappa shape index (κ3) is 7.02. The summed E-state index contributed by atoms with van der Waals surface area (Å²) in [4.78, 5) is 28.7. The molecule has 1 saturated heterocycles. The minimum Gasteiger partial charge on any atom is -0.494 e. The SMILES string of the molecule is CCCCCOc1ccc([C@H]2C(C(=O)O)[C@@H](c3ccc4c(c3)OCCO4)CN2CC(=O)Nc2c(CC)cccc2CC)cc1. The van der Waals surface area contributed by atoms with Crippen molar-refractivity contribution in [3.8, 4) is 17.2 Å². The van der Waals surface area contributed by atoms with Crippen LogP contribution < -0.4 is 19.5 Å². The molecule has 1 amide bonds. The quantitative estimate of drug-likeness (QED) is 0.213. The van der Waals surface area contributed by atoms with E-state index >= 15 is 0 Å². The van der Waals surface area contributed by atoms with E-state index in [0.717, 1.165) is 65.8 Å². The lowest BCUT2D eigenvalue weighted by Crippen LogP contribution is -2.35. The fourth-order valence-electron chi connectivity index (χ4n) is 6.49. The van der Waals surface area contributed by atoms with Crippen molar-refractivity contribution in [1.29, 1.82) is 0 Å². The standard InChI is InChI=1S/C36H44N2O6/c1-4-7-8-18-42-28-15-12-26(13-16-28)35-33(36(40)41)29(27-14-17-30-31(21-27)44-20-19-43-30)22-38(35)23-32(39)37-34-24(5-2)10-9-11-25(34)6-3/h9-17,21,29,33,35H,4-8,18-20,22-23H2,1-3H3,(H,37,39)(H,40,41)/t29-,33?,35+/m1/s1. The molecular formula is C36H44N2O6. The second kappa shape index (κ2) is 14.6. The highest BCUT2D eigenvalue weighted by Crippen LogP contribution is 2.47. The van der Waals surface area contributed by atoms with Crippen molar-refractivity contribution in [3.05, 3.63) is 82.9 Å². The Morgan fingerprint density at radius 2 is 1.59 bits per heavy atom.